The minimum atomic E-state index is -0.489. The second-order valence-electron chi connectivity index (χ2n) is 6.77. The largest absolute Gasteiger partial charge is 0.496 e. The highest BCUT2D eigenvalue weighted by atomic mass is 32.2. The van der Waals surface area contributed by atoms with Gasteiger partial charge in [-0.15, -0.1) is 11.8 Å². The first-order valence-corrected chi connectivity index (χ1v) is 10.9. The van der Waals surface area contributed by atoms with E-state index in [9.17, 15) is 19.7 Å². The molecule has 0 aliphatic carbocycles. The summed E-state index contributed by atoms with van der Waals surface area (Å²) in [7, 11) is 4.41. The summed E-state index contributed by atoms with van der Waals surface area (Å²) >= 11 is 1.38. The van der Waals surface area contributed by atoms with E-state index in [2.05, 4.69) is 5.32 Å². The van der Waals surface area contributed by atoms with Gasteiger partial charge in [0.2, 0.25) is 5.91 Å². The van der Waals surface area contributed by atoms with Gasteiger partial charge in [0, 0.05) is 29.0 Å². The second-order valence-corrected chi connectivity index (χ2v) is 7.75. The molecule has 0 saturated heterocycles. The molecule has 2 aromatic carbocycles. The van der Waals surface area contributed by atoms with E-state index in [1.807, 2.05) is 0 Å². The molecule has 0 unspecified atom stereocenters. The maximum atomic E-state index is 12.2. The van der Waals surface area contributed by atoms with Crippen LogP contribution in [0.2, 0.25) is 0 Å². The minimum absolute atomic E-state index is 0.0408. The summed E-state index contributed by atoms with van der Waals surface area (Å²) < 4.78 is 15.6. The maximum Gasteiger partial charge on any atom is 0.276 e. The minimum Gasteiger partial charge on any atom is -0.496 e. The molecule has 0 radical (unpaired) electrons. The number of ether oxygens (including phenoxy) is 3. The molecule has 2 aromatic rings. The van der Waals surface area contributed by atoms with Gasteiger partial charge in [0.25, 0.3) is 5.69 Å². The fourth-order valence-corrected chi connectivity index (χ4v) is 3.87. The van der Waals surface area contributed by atoms with Gasteiger partial charge in [-0.3, -0.25) is 19.7 Å². The van der Waals surface area contributed by atoms with Crippen LogP contribution in [0, 0.1) is 10.1 Å². The molecule has 1 N–H and O–H groups in total. The van der Waals surface area contributed by atoms with Gasteiger partial charge in [0.05, 0.1) is 38.1 Å². The Kier molecular flexibility index (Phi) is 9.33. The van der Waals surface area contributed by atoms with Crippen LogP contribution in [-0.4, -0.2) is 50.2 Å². The number of hydrogen-bond acceptors (Lipinski definition) is 8. The Balaban J connectivity index is 1.91. The molecule has 0 aliphatic heterocycles. The highest BCUT2D eigenvalue weighted by Crippen LogP contribution is 2.34. The lowest BCUT2D eigenvalue weighted by molar-refractivity contribution is -0.385. The van der Waals surface area contributed by atoms with Crippen molar-refractivity contribution < 1.29 is 28.7 Å². The first kappa shape index (κ1) is 25.0. The van der Waals surface area contributed by atoms with Crippen molar-refractivity contribution in [2.45, 2.75) is 19.1 Å². The average molecular weight is 463 g/mol. The van der Waals surface area contributed by atoms with Crippen LogP contribution in [-0.2, 0) is 17.0 Å². The maximum absolute atomic E-state index is 12.2. The lowest BCUT2D eigenvalue weighted by atomic mass is 10.1. The Morgan fingerprint density at radius 3 is 2.25 bits per heavy atom. The predicted octanol–water partition coefficient (Wildman–Crippen LogP) is 3.42. The van der Waals surface area contributed by atoms with Crippen molar-refractivity contribution in [1.29, 1.82) is 0 Å². The van der Waals surface area contributed by atoms with Crippen molar-refractivity contribution >= 4 is 29.1 Å². The lowest BCUT2D eigenvalue weighted by Crippen LogP contribution is -2.27. The summed E-state index contributed by atoms with van der Waals surface area (Å²) in [5, 5.41) is 14.1. The fourth-order valence-electron chi connectivity index (χ4n) is 3.03. The molecule has 0 heterocycles. The number of ketones is 1. The average Bonchev–Trinajstić information content (AvgIpc) is 2.78. The Labute approximate surface area is 190 Å². The number of nitrogens with one attached hydrogen (secondary N) is 1. The van der Waals surface area contributed by atoms with Gasteiger partial charge in [-0.2, -0.15) is 0 Å². The Morgan fingerprint density at radius 1 is 1.00 bits per heavy atom. The molecular formula is C22H26N2O7S. The van der Waals surface area contributed by atoms with Crippen molar-refractivity contribution in [2.75, 3.05) is 33.6 Å². The van der Waals surface area contributed by atoms with E-state index in [-0.39, 0.29) is 41.8 Å². The zero-order valence-electron chi connectivity index (χ0n) is 18.4. The van der Waals surface area contributed by atoms with Gasteiger partial charge < -0.3 is 19.5 Å². The van der Waals surface area contributed by atoms with Crippen molar-refractivity contribution in [3.63, 3.8) is 0 Å². The number of nitro groups is 1. The fraction of sp³-hybridized carbons (Fsp3) is 0.364. The number of carbonyl (C=O) groups is 2. The molecule has 9 nitrogen and oxygen atoms in total. The molecule has 172 valence electrons. The van der Waals surface area contributed by atoms with E-state index in [4.69, 9.17) is 14.2 Å². The number of amides is 1. The zero-order chi connectivity index (χ0) is 23.7. The van der Waals surface area contributed by atoms with Crippen LogP contribution < -0.4 is 19.5 Å². The summed E-state index contributed by atoms with van der Waals surface area (Å²) in [5.41, 5.74) is 1.76. The smallest absolute Gasteiger partial charge is 0.276 e. The second kappa shape index (κ2) is 11.9. The Bertz CT molecular complexity index is 994. The monoisotopic (exact) mass is 462 g/mol. The van der Waals surface area contributed by atoms with Gasteiger partial charge in [0.15, 0.2) is 17.3 Å². The van der Waals surface area contributed by atoms with Gasteiger partial charge in [-0.1, -0.05) is 0 Å². The van der Waals surface area contributed by atoms with Gasteiger partial charge in [-0.25, -0.2) is 0 Å². The van der Waals surface area contributed by atoms with Crippen LogP contribution in [0.5, 0.6) is 17.2 Å². The lowest BCUT2D eigenvalue weighted by Gasteiger charge is -2.11. The van der Waals surface area contributed by atoms with Crippen LogP contribution in [0.25, 0.3) is 0 Å². The number of benzene rings is 2. The van der Waals surface area contributed by atoms with Crippen LogP contribution >= 0.6 is 11.8 Å². The molecule has 0 spiro atoms. The van der Waals surface area contributed by atoms with Crippen LogP contribution in [0.15, 0.2) is 30.3 Å². The number of carbonyl (C=O) groups excluding carboxylic acids is 2. The molecule has 0 aromatic heterocycles. The van der Waals surface area contributed by atoms with Crippen molar-refractivity contribution in [2.24, 2.45) is 0 Å². The predicted molar refractivity (Wildman–Crippen MR) is 122 cm³/mol. The summed E-state index contributed by atoms with van der Waals surface area (Å²) in [6.07, 6.45) is 0.265. The number of Topliss-reactive ketones (excluding diaryl/α,β-unsaturated/α-hetero) is 1. The van der Waals surface area contributed by atoms with Crippen LogP contribution in [0.4, 0.5) is 5.69 Å². The first-order chi connectivity index (χ1) is 15.3. The third-order valence-corrected chi connectivity index (χ3v) is 5.66. The van der Waals surface area contributed by atoms with E-state index in [1.54, 1.807) is 31.4 Å². The molecule has 0 fully saturated rings. The third-order valence-electron chi connectivity index (χ3n) is 4.68. The van der Waals surface area contributed by atoms with E-state index < -0.39 is 4.92 Å². The van der Waals surface area contributed by atoms with E-state index in [0.29, 0.717) is 28.4 Å². The molecule has 32 heavy (non-hydrogen) atoms. The highest BCUT2D eigenvalue weighted by molar-refractivity contribution is 7.99. The van der Waals surface area contributed by atoms with Crippen LogP contribution in [0.3, 0.4) is 0 Å². The molecule has 0 saturated carbocycles. The summed E-state index contributed by atoms with van der Waals surface area (Å²) in [6.45, 7) is 1.73. The molecule has 10 heteroatoms. The normalized spacial score (nSPS) is 10.4. The third kappa shape index (κ3) is 6.61. The number of nitro benzene ring substituents is 1. The SMILES string of the molecule is COc1ccc(C(C)=O)cc1CSCC(=O)NCCc1cc(OC)c(OC)cc1[N+](=O)[O-]. The first-order valence-electron chi connectivity index (χ1n) is 9.72. The molecule has 1 amide bonds. The topological polar surface area (TPSA) is 117 Å². The molecular weight excluding hydrogens is 436 g/mol. The van der Waals surface area contributed by atoms with Crippen molar-refractivity contribution in [3.05, 3.63) is 57.1 Å². The van der Waals surface area contributed by atoms with E-state index in [0.717, 1.165) is 5.56 Å². The zero-order valence-corrected chi connectivity index (χ0v) is 19.2. The number of methoxy groups -OCH3 is 3. The molecule has 0 atom stereocenters. The number of thioether (sulfide) groups is 1. The number of hydrogen-bond donors (Lipinski definition) is 1. The van der Waals surface area contributed by atoms with Crippen LogP contribution in [0.1, 0.15) is 28.4 Å². The summed E-state index contributed by atoms with van der Waals surface area (Å²) in [6, 6.07) is 8.07. The van der Waals surface area contributed by atoms with Crippen molar-refractivity contribution in [3.8, 4) is 17.2 Å². The van der Waals surface area contributed by atoms with Gasteiger partial charge in [0.1, 0.15) is 5.75 Å². The standard InChI is InChI=1S/C22H26N2O7S/c1-14(25)15-5-6-19(29-2)17(9-15)12-32-13-22(26)23-8-7-16-10-20(30-3)21(31-4)11-18(16)24(27)28/h5-6,9-11H,7-8,12-13H2,1-4H3,(H,23,26). The quantitative estimate of drug-likeness (QED) is 0.290. The Morgan fingerprint density at radius 2 is 1.66 bits per heavy atom. The summed E-state index contributed by atoms with van der Waals surface area (Å²) in [5.74, 6) is 1.77. The van der Waals surface area contributed by atoms with Crippen molar-refractivity contribution in [1.82, 2.24) is 5.32 Å². The molecule has 0 aliphatic rings. The highest BCUT2D eigenvalue weighted by Gasteiger charge is 2.19. The molecule has 0 bridgehead atoms. The molecule has 2 rings (SSSR count). The summed E-state index contributed by atoms with van der Waals surface area (Å²) in [4.78, 5) is 34.7. The number of nitrogens with zero attached hydrogens (tertiary/aromatic N) is 1. The number of rotatable bonds is 12. The van der Waals surface area contributed by atoms with E-state index >= 15 is 0 Å². The van der Waals surface area contributed by atoms with Gasteiger partial charge >= 0.3 is 0 Å². The van der Waals surface area contributed by atoms with Gasteiger partial charge in [-0.05, 0) is 37.6 Å². The van der Waals surface area contributed by atoms with E-state index in [1.165, 1.54) is 39.0 Å². The Hall–Kier alpha value is -3.27.